The van der Waals surface area contributed by atoms with Crippen molar-refractivity contribution in [2.75, 3.05) is 11.9 Å². The Morgan fingerprint density at radius 1 is 0.971 bits per heavy atom. The second kappa shape index (κ2) is 8.18. The van der Waals surface area contributed by atoms with Gasteiger partial charge in [0, 0.05) is 12.6 Å². The van der Waals surface area contributed by atoms with Crippen LogP contribution in [0.2, 0.25) is 0 Å². The van der Waals surface area contributed by atoms with Gasteiger partial charge in [0.05, 0.1) is 33.1 Å². The smallest absolute Gasteiger partial charge is 0.266 e. The molecule has 170 valence electrons. The predicted molar refractivity (Wildman–Crippen MR) is 134 cm³/mol. The molecule has 0 N–H and O–H groups in total. The van der Waals surface area contributed by atoms with Gasteiger partial charge in [0.2, 0.25) is 0 Å². The zero-order valence-electron chi connectivity index (χ0n) is 19.3. The van der Waals surface area contributed by atoms with E-state index < -0.39 is 5.91 Å². The zero-order valence-corrected chi connectivity index (χ0v) is 20.1. The van der Waals surface area contributed by atoms with Gasteiger partial charge in [-0.15, -0.1) is 11.3 Å². The first-order valence-corrected chi connectivity index (χ1v) is 11.8. The predicted octanol–water partition coefficient (Wildman–Crippen LogP) is 5.55. The van der Waals surface area contributed by atoms with Crippen LogP contribution in [0.15, 0.2) is 60.7 Å². The monoisotopic (exact) mass is 469 g/mol. The summed E-state index contributed by atoms with van der Waals surface area (Å²) in [6.45, 7) is 5.71. The van der Waals surface area contributed by atoms with Gasteiger partial charge >= 0.3 is 0 Å². The van der Waals surface area contributed by atoms with Gasteiger partial charge in [0.15, 0.2) is 0 Å². The van der Waals surface area contributed by atoms with E-state index in [2.05, 4.69) is 4.98 Å². The molecule has 6 nitrogen and oxygen atoms in total. The Morgan fingerprint density at radius 3 is 2.47 bits per heavy atom. The number of carbonyl (C=O) groups is 3. The number of rotatable bonds is 4. The number of hydrogen-bond donors (Lipinski definition) is 0. The number of aryl methyl sites for hydroxylation is 2. The van der Waals surface area contributed by atoms with Crippen LogP contribution in [0, 0.1) is 13.8 Å². The van der Waals surface area contributed by atoms with Gasteiger partial charge in [-0.2, -0.15) is 0 Å². The Balaban J connectivity index is 1.44. The second-order valence-corrected chi connectivity index (χ2v) is 9.67. The summed E-state index contributed by atoms with van der Waals surface area (Å²) in [5.41, 5.74) is 4.18. The van der Waals surface area contributed by atoms with Crippen LogP contribution in [0.1, 0.15) is 60.2 Å². The fourth-order valence-electron chi connectivity index (χ4n) is 4.17. The van der Waals surface area contributed by atoms with E-state index in [1.165, 1.54) is 11.0 Å². The molecule has 0 aliphatic carbocycles. The minimum Gasteiger partial charge on any atom is -0.333 e. The molecule has 1 atom stereocenters. The quantitative estimate of drug-likeness (QED) is 0.368. The van der Waals surface area contributed by atoms with E-state index in [1.807, 2.05) is 63.2 Å². The van der Waals surface area contributed by atoms with Crippen molar-refractivity contribution in [3.8, 4) is 0 Å². The molecule has 7 heteroatoms. The van der Waals surface area contributed by atoms with Gasteiger partial charge in [-0.25, -0.2) is 9.88 Å². The molecule has 0 saturated heterocycles. The highest BCUT2D eigenvalue weighted by Gasteiger charge is 2.38. The van der Waals surface area contributed by atoms with Crippen LogP contribution >= 0.6 is 11.3 Å². The first-order chi connectivity index (χ1) is 16.3. The lowest BCUT2D eigenvalue weighted by atomic mass is 10.0. The minimum atomic E-state index is -0.412. The Hall–Kier alpha value is -3.84. The van der Waals surface area contributed by atoms with Crippen LogP contribution in [0.5, 0.6) is 0 Å². The number of hydrogen-bond acceptors (Lipinski definition) is 5. The maximum atomic E-state index is 13.3. The van der Waals surface area contributed by atoms with E-state index in [9.17, 15) is 14.4 Å². The van der Waals surface area contributed by atoms with E-state index in [-0.39, 0.29) is 23.4 Å². The first-order valence-electron chi connectivity index (χ1n) is 11.0. The molecule has 0 bridgehead atoms. The summed E-state index contributed by atoms with van der Waals surface area (Å²) in [5, 5.41) is 0.838. The molecule has 0 saturated carbocycles. The summed E-state index contributed by atoms with van der Waals surface area (Å²) in [7, 11) is 1.72. The largest absolute Gasteiger partial charge is 0.333 e. The van der Waals surface area contributed by atoms with Crippen LogP contribution in [0.3, 0.4) is 0 Å². The van der Waals surface area contributed by atoms with E-state index in [1.54, 1.807) is 35.4 Å². The molecule has 34 heavy (non-hydrogen) atoms. The number of amides is 3. The number of carbonyl (C=O) groups excluding carboxylic acids is 3. The van der Waals surface area contributed by atoms with Gasteiger partial charge in [0.1, 0.15) is 5.01 Å². The summed E-state index contributed by atoms with van der Waals surface area (Å²) in [5.74, 6) is -1.02. The van der Waals surface area contributed by atoms with Crippen molar-refractivity contribution in [2.24, 2.45) is 0 Å². The van der Waals surface area contributed by atoms with Crippen LogP contribution < -0.4 is 4.90 Å². The number of imide groups is 1. The van der Waals surface area contributed by atoms with Crippen molar-refractivity contribution in [3.63, 3.8) is 0 Å². The molecular weight excluding hydrogens is 446 g/mol. The van der Waals surface area contributed by atoms with Gasteiger partial charge in [-0.1, -0.05) is 24.3 Å². The molecule has 3 amide bonds. The highest BCUT2D eigenvalue weighted by molar-refractivity contribution is 7.18. The Morgan fingerprint density at radius 2 is 1.71 bits per heavy atom. The molecule has 3 aromatic carbocycles. The van der Waals surface area contributed by atoms with Crippen molar-refractivity contribution in [2.45, 2.75) is 26.8 Å². The third kappa shape index (κ3) is 3.49. The van der Waals surface area contributed by atoms with E-state index in [0.29, 0.717) is 16.8 Å². The summed E-state index contributed by atoms with van der Waals surface area (Å²) >= 11 is 1.56. The maximum Gasteiger partial charge on any atom is 0.266 e. The van der Waals surface area contributed by atoms with Gasteiger partial charge < -0.3 is 4.90 Å². The molecular formula is C27H23N3O3S. The lowest BCUT2D eigenvalue weighted by Crippen LogP contribution is -2.30. The van der Waals surface area contributed by atoms with E-state index >= 15 is 0 Å². The van der Waals surface area contributed by atoms with E-state index in [4.69, 9.17) is 0 Å². The average Bonchev–Trinajstić information content (AvgIpc) is 3.38. The normalized spacial score (nSPS) is 13.9. The first kappa shape index (κ1) is 22.0. The van der Waals surface area contributed by atoms with Crippen LogP contribution in [-0.2, 0) is 0 Å². The van der Waals surface area contributed by atoms with Crippen molar-refractivity contribution in [1.82, 2.24) is 9.88 Å². The molecule has 5 rings (SSSR count). The summed E-state index contributed by atoms with van der Waals surface area (Å²) in [6, 6.07) is 18.0. The number of thiazole rings is 1. The molecule has 1 aromatic heterocycles. The fourth-order valence-corrected chi connectivity index (χ4v) is 5.23. The lowest BCUT2D eigenvalue weighted by molar-refractivity contribution is 0.0742. The molecule has 0 fully saturated rings. The highest BCUT2D eigenvalue weighted by atomic mass is 32.1. The average molecular weight is 470 g/mol. The lowest BCUT2D eigenvalue weighted by Gasteiger charge is -2.23. The van der Waals surface area contributed by atoms with Gasteiger partial charge in [0.25, 0.3) is 17.7 Å². The van der Waals surface area contributed by atoms with Crippen molar-refractivity contribution < 1.29 is 14.4 Å². The molecule has 1 aliphatic heterocycles. The van der Waals surface area contributed by atoms with E-state index in [0.717, 1.165) is 26.4 Å². The third-order valence-corrected chi connectivity index (χ3v) is 7.51. The molecule has 4 aromatic rings. The molecule has 0 spiro atoms. The summed E-state index contributed by atoms with van der Waals surface area (Å²) < 4.78 is 1.07. The second-order valence-electron chi connectivity index (χ2n) is 8.61. The van der Waals surface area contributed by atoms with Gasteiger partial charge in [-0.05, 0) is 68.3 Å². The SMILES string of the molecule is Cc1ccc(C)c(N2C(=O)c3ccc(C(=O)N(C)C(C)c4nc5ccccc5s4)cc3C2=O)c1. The molecule has 1 aliphatic rings. The Labute approximate surface area is 201 Å². The molecule has 2 heterocycles. The van der Waals surface area contributed by atoms with Crippen molar-refractivity contribution in [3.05, 3.63) is 93.5 Å². The molecule has 1 unspecified atom stereocenters. The Kier molecular flexibility index (Phi) is 5.29. The standard InChI is InChI=1S/C27H23N3O3S/c1-15-9-10-16(2)22(13-15)30-26(32)19-12-11-18(14-20(19)27(30)33)25(31)29(4)17(3)24-28-21-7-5-6-8-23(21)34-24/h5-14,17H,1-4H3. The highest BCUT2D eigenvalue weighted by Crippen LogP contribution is 2.33. The van der Waals surface area contributed by atoms with Crippen LogP contribution in [0.4, 0.5) is 5.69 Å². The summed E-state index contributed by atoms with van der Waals surface area (Å²) in [6.07, 6.45) is 0. The zero-order chi connectivity index (χ0) is 24.1. The molecule has 0 radical (unpaired) electrons. The number of nitrogens with zero attached hydrogens (tertiary/aromatic N) is 3. The Bertz CT molecular complexity index is 1460. The van der Waals surface area contributed by atoms with Crippen LogP contribution in [0.25, 0.3) is 10.2 Å². The van der Waals surface area contributed by atoms with Crippen molar-refractivity contribution >= 4 is 45.0 Å². The number of anilines is 1. The van der Waals surface area contributed by atoms with Crippen molar-refractivity contribution in [1.29, 1.82) is 0 Å². The van der Waals surface area contributed by atoms with Gasteiger partial charge in [-0.3, -0.25) is 14.4 Å². The fraction of sp³-hybridized carbons (Fsp3) is 0.185. The third-order valence-electron chi connectivity index (χ3n) is 6.31. The maximum absolute atomic E-state index is 13.3. The van der Waals surface area contributed by atoms with Crippen LogP contribution in [-0.4, -0.2) is 34.7 Å². The number of fused-ring (bicyclic) bond motifs is 2. The summed E-state index contributed by atoms with van der Waals surface area (Å²) in [4.78, 5) is 47.1. The number of aromatic nitrogens is 1. The minimum absolute atomic E-state index is 0.236. The topological polar surface area (TPSA) is 70.6 Å². The number of para-hydroxylation sites is 1. The number of benzene rings is 3.